The van der Waals surface area contributed by atoms with Crippen LogP contribution in [0.2, 0.25) is 4.34 Å². The Morgan fingerprint density at radius 2 is 2.15 bits per heavy atom. The van der Waals surface area contributed by atoms with E-state index in [4.69, 9.17) is 16.0 Å². The zero-order valence-electron chi connectivity index (χ0n) is 17.4. The number of carbonyl (C=O) groups is 2. The van der Waals surface area contributed by atoms with Crippen LogP contribution in [0, 0.1) is 0 Å². The van der Waals surface area contributed by atoms with E-state index in [2.05, 4.69) is 10.4 Å². The van der Waals surface area contributed by atoms with Gasteiger partial charge in [-0.15, -0.1) is 22.7 Å². The molecule has 33 heavy (non-hydrogen) atoms. The molecule has 0 atom stereocenters. The second-order valence-electron chi connectivity index (χ2n) is 7.42. The first-order chi connectivity index (χ1) is 16.1. The van der Waals surface area contributed by atoms with Crippen molar-refractivity contribution < 1.29 is 14.0 Å². The van der Waals surface area contributed by atoms with Gasteiger partial charge < -0.3 is 14.6 Å². The summed E-state index contributed by atoms with van der Waals surface area (Å²) in [6.07, 6.45) is 5.44. The van der Waals surface area contributed by atoms with Crippen molar-refractivity contribution in [1.82, 2.24) is 14.7 Å². The van der Waals surface area contributed by atoms with E-state index in [9.17, 15) is 9.59 Å². The largest absolute Gasteiger partial charge is 0.472 e. The molecule has 1 aliphatic heterocycles. The van der Waals surface area contributed by atoms with E-state index in [0.717, 1.165) is 16.2 Å². The number of hydrogen-bond acceptors (Lipinski definition) is 7. The third kappa shape index (κ3) is 4.66. The second-order valence-corrected chi connectivity index (χ2v) is 10.2. The summed E-state index contributed by atoms with van der Waals surface area (Å²) in [4.78, 5) is 30.3. The number of aromatic nitrogens is 2. The number of hydrogen-bond donors (Lipinski definition) is 1. The molecule has 4 aromatic rings. The van der Waals surface area contributed by atoms with Crippen molar-refractivity contribution in [2.75, 3.05) is 11.9 Å². The fourth-order valence-electron chi connectivity index (χ4n) is 3.61. The van der Waals surface area contributed by atoms with Gasteiger partial charge in [0.05, 0.1) is 34.8 Å². The van der Waals surface area contributed by atoms with Gasteiger partial charge in [0, 0.05) is 22.4 Å². The van der Waals surface area contributed by atoms with Crippen LogP contribution in [0.25, 0.3) is 5.57 Å². The number of furan rings is 1. The minimum absolute atomic E-state index is 0.0911. The van der Waals surface area contributed by atoms with Crippen LogP contribution in [0.4, 0.5) is 5.82 Å². The Kier molecular flexibility index (Phi) is 6.17. The molecule has 4 aromatic heterocycles. The number of halogens is 1. The number of rotatable bonds is 7. The lowest BCUT2D eigenvalue weighted by Crippen LogP contribution is -2.34. The lowest BCUT2D eigenvalue weighted by molar-refractivity contribution is -0.126. The number of nitrogens with zero attached hydrogens (tertiary/aromatic N) is 3. The molecule has 0 spiro atoms. The highest BCUT2D eigenvalue weighted by molar-refractivity contribution is 7.16. The molecule has 5 heterocycles. The Labute approximate surface area is 202 Å². The van der Waals surface area contributed by atoms with Gasteiger partial charge in [-0.2, -0.15) is 9.78 Å². The molecule has 0 aliphatic carbocycles. The van der Waals surface area contributed by atoms with Crippen LogP contribution in [-0.2, 0) is 17.9 Å². The SMILES string of the molecule is O=C1C(c2cc(NCc3ccc(Cl)s3)n(C(=O)c3ccoc3)n2)=CCCN1Cc1cccs1. The van der Waals surface area contributed by atoms with Crippen LogP contribution >= 0.6 is 34.3 Å². The summed E-state index contributed by atoms with van der Waals surface area (Å²) >= 11 is 9.12. The Morgan fingerprint density at radius 3 is 2.88 bits per heavy atom. The van der Waals surface area contributed by atoms with Crippen molar-refractivity contribution in [3.8, 4) is 0 Å². The monoisotopic (exact) mass is 498 g/mol. The summed E-state index contributed by atoms with van der Waals surface area (Å²) in [5, 5.41) is 9.78. The third-order valence-electron chi connectivity index (χ3n) is 5.21. The molecule has 0 aromatic carbocycles. The maximum Gasteiger partial charge on any atom is 0.283 e. The van der Waals surface area contributed by atoms with Gasteiger partial charge in [0.2, 0.25) is 0 Å². The Bertz CT molecular complexity index is 1310. The average Bonchev–Trinajstić information content (AvgIpc) is 3.61. The molecular weight excluding hydrogens is 480 g/mol. The second kappa shape index (κ2) is 9.38. The van der Waals surface area contributed by atoms with E-state index in [1.165, 1.54) is 28.5 Å². The Hall–Kier alpha value is -3.14. The minimum Gasteiger partial charge on any atom is -0.472 e. The molecule has 1 aliphatic rings. The van der Waals surface area contributed by atoms with Crippen molar-refractivity contribution in [3.63, 3.8) is 0 Å². The molecule has 1 amide bonds. The van der Waals surface area contributed by atoms with Crippen LogP contribution in [0.15, 0.2) is 64.8 Å². The van der Waals surface area contributed by atoms with Crippen molar-refractivity contribution in [1.29, 1.82) is 0 Å². The van der Waals surface area contributed by atoms with Gasteiger partial charge in [-0.05, 0) is 36.1 Å². The van der Waals surface area contributed by atoms with Crippen molar-refractivity contribution >= 4 is 57.5 Å². The molecule has 0 saturated heterocycles. The predicted octanol–water partition coefficient (Wildman–Crippen LogP) is 5.37. The Morgan fingerprint density at radius 1 is 1.24 bits per heavy atom. The van der Waals surface area contributed by atoms with Gasteiger partial charge >= 0.3 is 0 Å². The molecule has 0 fully saturated rings. The van der Waals surface area contributed by atoms with E-state index >= 15 is 0 Å². The predicted molar refractivity (Wildman–Crippen MR) is 130 cm³/mol. The molecule has 0 unspecified atom stereocenters. The zero-order chi connectivity index (χ0) is 22.8. The van der Waals surface area contributed by atoms with E-state index in [0.29, 0.717) is 46.6 Å². The number of amides is 1. The van der Waals surface area contributed by atoms with Crippen LogP contribution in [-0.4, -0.2) is 33.0 Å². The molecule has 1 N–H and O–H groups in total. The topological polar surface area (TPSA) is 80.4 Å². The van der Waals surface area contributed by atoms with Crippen molar-refractivity contribution in [2.45, 2.75) is 19.5 Å². The maximum atomic E-state index is 13.2. The molecular formula is C23H19ClN4O3S2. The molecule has 0 radical (unpaired) electrons. The van der Waals surface area contributed by atoms with Gasteiger partial charge in [0.25, 0.3) is 11.8 Å². The lowest BCUT2D eigenvalue weighted by atomic mass is 10.1. The van der Waals surface area contributed by atoms with Crippen molar-refractivity contribution in [2.24, 2.45) is 0 Å². The van der Waals surface area contributed by atoms with Gasteiger partial charge in [-0.3, -0.25) is 9.59 Å². The van der Waals surface area contributed by atoms with E-state index in [1.54, 1.807) is 23.5 Å². The highest BCUT2D eigenvalue weighted by atomic mass is 35.5. The molecule has 10 heteroatoms. The summed E-state index contributed by atoms with van der Waals surface area (Å²) in [6, 6.07) is 11.1. The van der Waals surface area contributed by atoms with Crippen LogP contribution in [0.3, 0.4) is 0 Å². The standard InChI is InChI=1S/C23H19ClN4O3S2/c24-20-6-5-16(33-20)12-25-21-11-19(26-28(21)22(29)15-7-9-31-14-15)18-4-1-8-27(23(18)30)13-17-3-2-10-32-17/h2-7,9-11,14,25H,1,8,12-13H2. The lowest BCUT2D eigenvalue weighted by Gasteiger charge is -2.26. The molecule has 0 saturated carbocycles. The quantitative estimate of drug-likeness (QED) is 0.370. The minimum atomic E-state index is -0.346. The average molecular weight is 499 g/mol. The maximum absolute atomic E-state index is 13.2. The fraction of sp³-hybridized carbons (Fsp3) is 0.174. The van der Waals surface area contributed by atoms with E-state index in [1.807, 2.05) is 40.6 Å². The Balaban J connectivity index is 1.43. The third-order valence-corrected chi connectivity index (χ3v) is 7.30. The number of carbonyl (C=O) groups excluding carboxylic acids is 2. The molecule has 5 rings (SSSR count). The van der Waals surface area contributed by atoms with Crippen LogP contribution in [0.1, 0.15) is 32.2 Å². The highest BCUT2D eigenvalue weighted by Gasteiger charge is 2.27. The first-order valence-electron chi connectivity index (χ1n) is 10.3. The zero-order valence-corrected chi connectivity index (χ0v) is 19.8. The summed E-state index contributed by atoms with van der Waals surface area (Å²) < 4.78 is 7.04. The van der Waals surface area contributed by atoms with Gasteiger partial charge in [-0.1, -0.05) is 23.7 Å². The molecule has 168 valence electrons. The number of anilines is 1. The summed E-state index contributed by atoms with van der Waals surface area (Å²) in [5.74, 6) is 0.0532. The molecule has 7 nitrogen and oxygen atoms in total. The van der Waals surface area contributed by atoms with Crippen molar-refractivity contribution in [3.05, 3.63) is 85.7 Å². The fourth-order valence-corrected chi connectivity index (χ4v) is 5.35. The number of thiophene rings is 2. The smallest absolute Gasteiger partial charge is 0.283 e. The number of nitrogens with one attached hydrogen (secondary N) is 1. The normalized spacial score (nSPS) is 13.9. The van der Waals surface area contributed by atoms with Gasteiger partial charge in [0.15, 0.2) is 0 Å². The summed E-state index contributed by atoms with van der Waals surface area (Å²) in [7, 11) is 0. The van der Waals surface area contributed by atoms with E-state index in [-0.39, 0.29) is 11.8 Å². The van der Waals surface area contributed by atoms with E-state index < -0.39 is 0 Å². The molecule has 0 bridgehead atoms. The first-order valence-corrected chi connectivity index (χ1v) is 12.3. The first kappa shape index (κ1) is 21.7. The van der Waals surface area contributed by atoms with Gasteiger partial charge in [-0.25, -0.2) is 0 Å². The van der Waals surface area contributed by atoms with Gasteiger partial charge in [0.1, 0.15) is 17.8 Å². The highest BCUT2D eigenvalue weighted by Crippen LogP contribution is 2.28. The van der Waals surface area contributed by atoms with Crippen LogP contribution in [0.5, 0.6) is 0 Å². The summed E-state index contributed by atoms with van der Waals surface area (Å²) in [5.41, 5.74) is 1.33. The van der Waals surface area contributed by atoms with Crippen LogP contribution < -0.4 is 5.32 Å². The summed E-state index contributed by atoms with van der Waals surface area (Å²) in [6.45, 7) is 1.69.